The van der Waals surface area contributed by atoms with Crippen molar-refractivity contribution in [2.24, 2.45) is 11.8 Å². The third kappa shape index (κ3) is 2.60. The van der Waals surface area contributed by atoms with Crippen molar-refractivity contribution in [3.8, 4) is 0 Å². The van der Waals surface area contributed by atoms with E-state index in [1.54, 1.807) is 0 Å². The van der Waals surface area contributed by atoms with Crippen molar-refractivity contribution in [2.75, 3.05) is 19.6 Å². The summed E-state index contributed by atoms with van der Waals surface area (Å²) < 4.78 is 0. The third-order valence-corrected chi connectivity index (χ3v) is 6.64. The molecule has 4 rings (SSSR count). The fraction of sp³-hybridized carbons (Fsp3) is 0.833. The van der Waals surface area contributed by atoms with E-state index in [2.05, 4.69) is 5.32 Å². The fourth-order valence-corrected chi connectivity index (χ4v) is 5.20. The Morgan fingerprint density at radius 1 is 1.04 bits per heavy atom. The van der Waals surface area contributed by atoms with E-state index in [-0.39, 0.29) is 24.4 Å². The summed E-state index contributed by atoms with van der Waals surface area (Å²) in [6, 6.07) is -0.386. The Labute approximate surface area is 142 Å². The van der Waals surface area contributed by atoms with Gasteiger partial charge in [-0.2, -0.15) is 0 Å². The Balaban J connectivity index is 1.39. The van der Waals surface area contributed by atoms with Gasteiger partial charge in [-0.05, 0) is 37.5 Å². The second-order valence-corrected chi connectivity index (χ2v) is 8.04. The van der Waals surface area contributed by atoms with Crippen LogP contribution in [0.15, 0.2) is 0 Å². The molecule has 6 heteroatoms. The molecule has 2 aliphatic carbocycles. The molecule has 0 aromatic carbocycles. The van der Waals surface area contributed by atoms with Gasteiger partial charge in [-0.3, -0.25) is 14.5 Å². The summed E-state index contributed by atoms with van der Waals surface area (Å²) in [6.07, 6.45) is 9.49. The predicted octanol–water partition coefficient (Wildman–Crippen LogP) is 1.89. The number of piperidine rings is 1. The first kappa shape index (κ1) is 15.9. The van der Waals surface area contributed by atoms with Gasteiger partial charge in [-0.15, -0.1) is 0 Å². The summed E-state index contributed by atoms with van der Waals surface area (Å²) in [6.45, 7) is 1.48. The molecule has 24 heavy (non-hydrogen) atoms. The molecule has 2 aliphatic heterocycles. The number of likely N-dealkylation sites (tertiary alicyclic amines) is 1. The van der Waals surface area contributed by atoms with Crippen LogP contribution in [0.1, 0.15) is 57.8 Å². The lowest BCUT2D eigenvalue weighted by molar-refractivity contribution is -0.140. The van der Waals surface area contributed by atoms with Gasteiger partial charge < -0.3 is 10.2 Å². The molecule has 4 fully saturated rings. The Bertz CT molecular complexity index is 556. The number of fused-ring (bicyclic) bond motifs is 1. The van der Waals surface area contributed by atoms with Crippen LogP contribution in [0.5, 0.6) is 0 Å². The first-order valence-electron chi connectivity index (χ1n) is 9.51. The van der Waals surface area contributed by atoms with Gasteiger partial charge in [0.25, 0.3) is 5.91 Å². The standard InChI is InChI=1S/C18H27N3O3/c22-15(20-10-7-13-5-1-2-6-14(13)11-20)12-21-16(23)18(19-17(21)24)8-3-4-9-18/h13-14H,1-12H2,(H,19,24)/t13-,14+/m0/s1. The van der Waals surface area contributed by atoms with Crippen LogP contribution in [0.4, 0.5) is 4.79 Å². The summed E-state index contributed by atoms with van der Waals surface area (Å²) in [5.74, 6) is 1.12. The SMILES string of the molecule is O=C(CN1C(=O)NC2(CCCC2)C1=O)N1CC[C@@H]2CCCC[C@@H]2C1. The zero-order chi connectivity index (χ0) is 16.7. The normalized spacial score (nSPS) is 32.2. The number of hydrogen-bond donors (Lipinski definition) is 1. The van der Waals surface area contributed by atoms with Gasteiger partial charge in [-0.25, -0.2) is 4.79 Å². The highest BCUT2D eigenvalue weighted by atomic mass is 16.2. The van der Waals surface area contributed by atoms with E-state index < -0.39 is 5.54 Å². The predicted molar refractivity (Wildman–Crippen MR) is 88.1 cm³/mol. The molecule has 6 nitrogen and oxygen atoms in total. The van der Waals surface area contributed by atoms with Crippen molar-refractivity contribution in [1.82, 2.24) is 15.1 Å². The lowest BCUT2D eigenvalue weighted by atomic mass is 9.75. The topological polar surface area (TPSA) is 69.7 Å². The number of nitrogens with one attached hydrogen (secondary N) is 1. The van der Waals surface area contributed by atoms with Crippen molar-refractivity contribution < 1.29 is 14.4 Å². The first-order chi connectivity index (χ1) is 11.6. The number of carbonyl (C=O) groups excluding carboxylic acids is 3. The Hall–Kier alpha value is -1.59. The minimum absolute atomic E-state index is 0.0717. The maximum absolute atomic E-state index is 12.7. The summed E-state index contributed by atoms with van der Waals surface area (Å²) in [7, 11) is 0. The van der Waals surface area contributed by atoms with Gasteiger partial charge in [0.1, 0.15) is 12.1 Å². The maximum atomic E-state index is 12.7. The Kier molecular flexibility index (Phi) is 4.01. The van der Waals surface area contributed by atoms with E-state index in [1.165, 1.54) is 25.7 Å². The molecule has 1 N–H and O–H groups in total. The lowest BCUT2D eigenvalue weighted by Crippen LogP contribution is -2.49. The zero-order valence-electron chi connectivity index (χ0n) is 14.3. The minimum Gasteiger partial charge on any atom is -0.341 e. The molecule has 0 aromatic rings. The number of urea groups is 1. The summed E-state index contributed by atoms with van der Waals surface area (Å²) >= 11 is 0. The third-order valence-electron chi connectivity index (χ3n) is 6.64. The average Bonchev–Trinajstić information content (AvgIpc) is 3.15. The van der Waals surface area contributed by atoms with Crippen molar-refractivity contribution in [2.45, 2.75) is 63.3 Å². The number of hydrogen-bond acceptors (Lipinski definition) is 3. The molecule has 4 amide bonds. The Morgan fingerprint density at radius 3 is 2.50 bits per heavy atom. The van der Waals surface area contributed by atoms with E-state index in [1.807, 2.05) is 4.90 Å². The van der Waals surface area contributed by atoms with E-state index >= 15 is 0 Å². The minimum atomic E-state index is -0.715. The highest BCUT2D eigenvalue weighted by Gasteiger charge is 2.53. The highest BCUT2D eigenvalue weighted by molar-refractivity contribution is 6.09. The van der Waals surface area contributed by atoms with Crippen LogP contribution in [0.2, 0.25) is 0 Å². The summed E-state index contributed by atoms with van der Waals surface area (Å²) in [5, 5.41) is 2.85. The number of amides is 4. The van der Waals surface area contributed by atoms with Crippen LogP contribution in [0.3, 0.4) is 0 Å². The van der Waals surface area contributed by atoms with Crippen molar-refractivity contribution >= 4 is 17.8 Å². The molecule has 2 saturated carbocycles. The number of imide groups is 1. The number of nitrogens with zero attached hydrogens (tertiary/aromatic N) is 2. The van der Waals surface area contributed by atoms with Gasteiger partial charge in [0.15, 0.2) is 0 Å². The quantitative estimate of drug-likeness (QED) is 0.785. The van der Waals surface area contributed by atoms with Crippen molar-refractivity contribution in [3.05, 3.63) is 0 Å². The van der Waals surface area contributed by atoms with Crippen molar-refractivity contribution in [3.63, 3.8) is 0 Å². The van der Waals surface area contributed by atoms with Gasteiger partial charge in [-0.1, -0.05) is 32.1 Å². The maximum Gasteiger partial charge on any atom is 0.325 e. The molecule has 1 spiro atoms. The molecular weight excluding hydrogens is 306 g/mol. The zero-order valence-corrected chi connectivity index (χ0v) is 14.3. The van der Waals surface area contributed by atoms with Crippen LogP contribution in [0.25, 0.3) is 0 Å². The first-order valence-corrected chi connectivity index (χ1v) is 9.51. The van der Waals surface area contributed by atoms with Crippen LogP contribution in [-0.4, -0.2) is 52.8 Å². The monoisotopic (exact) mass is 333 g/mol. The molecule has 132 valence electrons. The number of rotatable bonds is 2. The van der Waals surface area contributed by atoms with Crippen LogP contribution in [0, 0.1) is 11.8 Å². The molecule has 4 aliphatic rings. The largest absolute Gasteiger partial charge is 0.341 e. The molecule has 0 bridgehead atoms. The average molecular weight is 333 g/mol. The summed E-state index contributed by atoms with van der Waals surface area (Å²) in [5.41, 5.74) is -0.715. The summed E-state index contributed by atoms with van der Waals surface area (Å²) in [4.78, 5) is 40.6. The van der Waals surface area contributed by atoms with Gasteiger partial charge in [0.2, 0.25) is 5.91 Å². The molecule has 2 heterocycles. The van der Waals surface area contributed by atoms with E-state index in [4.69, 9.17) is 0 Å². The molecule has 0 radical (unpaired) electrons. The molecule has 2 saturated heterocycles. The Morgan fingerprint density at radius 2 is 1.75 bits per heavy atom. The second-order valence-electron chi connectivity index (χ2n) is 8.04. The molecular formula is C18H27N3O3. The smallest absolute Gasteiger partial charge is 0.325 e. The van der Waals surface area contributed by atoms with Gasteiger partial charge >= 0.3 is 6.03 Å². The van der Waals surface area contributed by atoms with E-state index in [0.29, 0.717) is 18.8 Å². The molecule has 2 atom stereocenters. The van der Waals surface area contributed by atoms with E-state index in [9.17, 15) is 14.4 Å². The van der Waals surface area contributed by atoms with Crippen LogP contribution in [-0.2, 0) is 9.59 Å². The number of carbonyl (C=O) groups is 3. The molecule has 0 unspecified atom stereocenters. The van der Waals surface area contributed by atoms with E-state index in [0.717, 1.165) is 43.2 Å². The van der Waals surface area contributed by atoms with Gasteiger partial charge in [0.05, 0.1) is 0 Å². The lowest BCUT2D eigenvalue weighted by Gasteiger charge is -2.41. The van der Waals surface area contributed by atoms with Crippen LogP contribution >= 0.6 is 0 Å². The second kappa shape index (κ2) is 6.05. The molecule has 0 aromatic heterocycles. The van der Waals surface area contributed by atoms with Crippen LogP contribution < -0.4 is 5.32 Å². The fourth-order valence-electron chi connectivity index (χ4n) is 5.20. The highest BCUT2D eigenvalue weighted by Crippen LogP contribution is 2.37. The van der Waals surface area contributed by atoms with Gasteiger partial charge in [0, 0.05) is 13.1 Å². The van der Waals surface area contributed by atoms with Crippen molar-refractivity contribution in [1.29, 1.82) is 0 Å².